The van der Waals surface area contributed by atoms with Crippen molar-refractivity contribution in [3.8, 4) is 11.6 Å². The number of nitro benzene ring substituents is 1. The first kappa shape index (κ1) is 12.5. The lowest BCUT2D eigenvalue weighted by atomic mass is 10.2. The quantitative estimate of drug-likeness (QED) is 0.542. The van der Waals surface area contributed by atoms with Crippen molar-refractivity contribution < 1.29 is 9.66 Å². The molecule has 0 fully saturated rings. The van der Waals surface area contributed by atoms with E-state index in [0.29, 0.717) is 11.6 Å². The van der Waals surface area contributed by atoms with Gasteiger partial charge in [-0.15, -0.1) is 11.3 Å². The minimum atomic E-state index is -0.451. The zero-order valence-corrected chi connectivity index (χ0v) is 11.3. The van der Waals surface area contributed by atoms with Gasteiger partial charge in [-0.25, -0.2) is 9.97 Å². The van der Waals surface area contributed by atoms with Gasteiger partial charge in [0.05, 0.1) is 16.5 Å². The van der Waals surface area contributed by atoms with E-state index in [-0.39, 0.29) is 5.69 Å². The molecule has 0 saturated heterocycles. The van der Waals surface area contributed by atoms with E-state index in [9.17, 15) is 10.1 Å². The number of fused-ring (bicyclic) bond motifs is 1. The molecule has 0 bridgehead atoms. The fraction of sp³-hybridized carbons (Fsp3) is 0.0769. The highest BCUT2D eigenvalue weighted by atomic mass is 32.1. The number of nitrogens with zero attached hydrogens (tertiary/aromatic N) is 3. The van der Waals surface area contributed by atoms with Crippen LogP contribution in [-0.4, -0.2) is 14.9 Å². The van der Waals surface area contributed by atoms with Crippen LogP contribution in [0.1, 0.15) is 5.56 Å². The maximum Gasteiger partial charge on any atom is 0.273 e. The summed E-state index contributed by atoms with van der Waals surface area (Å²) in [6.07, 6.45) is 1.41. The number of nitro groups is 1. The Morgan fingerprint density at radius 2 is 2.15 bits per heavy atom. The molecule has 100 valence electrons. The van der Waals surface area contributed by atoms with Crippen molar-refractivity contribution in [3.05, 3.63) is 51.7 Å². The van der Waals surface area contributed by atoms with Crippen molar-refractivity contribution in [2.45, 2.75) is 6.92 Å². The normalized spacial score (nSPS) is 10.7. The molecule has 0 N–H and O–H groups in total. The van der Waals surface area contributed by atoms with Crippen LogP contribution in [0.3, 0.4) is 0 Å². The van der Waals surface area contributed by atoms with Crippen LogP contribution in [0, 0.1) is 17.0 Å². The maximum absolute atomic E-state index is 10.8. The van der Waals surface area contributed by atoms with Gasteiger partial charge in [-0.05, 0) is 30.0 Å². The Morgan fingerprint density at radius 3 is 2.95 bits per heavy atom. The molecule has 0 aliphatic heterocycles. The number of benzene rings is 1. The Kier molecular flexibility index (Phi) is 3.03. The third kappa shape index (κ3) is 2.19. The highest BCUT2D eigenvalue weighted by Gasteiger charge is 2.13. The first-order valence-electron chi connectivity index (χ1n) is 5.76. The van der Waals surface area contributed by atoms with E-state index in [2.05, 4.69) is 9.97 Å². The molecule has 1 aromatic carbocycles. The summed E-state index contributed by atoms with van der Waals surface area (Å²) in [5, 5.41) is 12.7. The molecule has 0 aliphatic rings. The van der Waals surface area contributed by atoms with Crippen molar-refractivity contribution in [2.75, 3.05) is 0 Å². The summed E-state index contributed by atoms with van der Waals surface area (Å²) in [7, 11) is 0. The number of non-ortho nitro benzene ring substituents is 1. The van der Waals surface area contributed by atoms with Crippen LogP contribution in [0.25, 0.3) is 10.2 Å². The molecule has 3 aromatic rings. The average Bonchev–Trinajstić information content (AvgIpc) is 2.90. The molecule has 2 aromatic heterocycles. The van der Waals surface area contributed by atoms with Gasteiger partial charge in [-0.3, -0.25) is 10.1 Å². The number of aromatic nitrogens is 2. The summed E-state index contributed by atoms with van der Waals surface area (Å²) in [6.45, 7) is 1.83. The van der Waals surface area contributed by atoms with Crippen molar-refractivity contribution in [3.63, 3.8) is 0 Å². The van der Waals surface area contributed by atoms with Gasteiger partial charge in [-0.1, -0.05) is 0 Å². The van der Waals surface area contributed by atoms with Crippen molar-refractivity contribution in [1.82, 2.24) is 9.97 Å². The predicted molar refractivity (Wildman–Crippen MR) is 75.3 cm³/mol. The van der Waals surface area contributed by atoms with E-state index in [1.807, 2.05) is 18.4 Å². The van der Waals surface area contributed by atoms with E-state index in [0.717, 1.165) is 15.8 Å². The maximum atomic E-state index is 10.8. The van der Waals surface area contributed by atoms with Gasteiger partial charge in [0.1, 0.15) is 16.8 Å². The molecule has 20 heavy (non-hydrogen) atoms. The van der Waals surface area contributed by atoms with Crippen LogP contribution < -0.4 is 4.74 Å². The van der Waals surface area contributed by atoms with E-state index >= 15 is 0 Å². The Balaban J connectivity index is 2.04. The number of ether oxygens (including phenoxy) is 1. The second-order valence-electron chi connectivity index (χ2n) is 4.12. The van der Waals surface area contributed by atoms with Crippen molar-refractivity contribution >= 4 is 27.2 Å². The molecule has 2 heterocycles. The standard InChI is InChI=1S/C13H9N3O3S/c1-8-2-3-9(16(17)18)6-11(8)19-13-12-10(4-5-20-12)14-7-15-13/h2-7H,1H3. The molecule has 0 unspecified atom stereocenters. The lowest BCUT2D eigenvalue weighted by molar-refractivity contribution is -0.384. The smallest absolute Gasteiger partial charge is 0.273 e. The molecule has 6 nitrogen and oxygen atoms in total. The number of hydrogen-bond acceptors (Lipinski definition) is 6. The zero-order valence-electron chi connectivity index (χ0n) is 10.4. The molecule has 0 saturated carbocycles. The zero-order chi connectivity index (χ0) is 14.1. The molecule has 0 radical (unpaired) electrons. The number of aryl methyl sites for hydroxylation is 1. The molecule has 7 heteroatoms. The molecule has 0 spiro atoms. The Morgan fingerprint density at radius 1 is 1.30 bits per heavy atom. The fourth-order valence-electron chi connectivity index (χ4n) is 1.76. The Labute approximate surface area is 117 Å². The monoisotopic (exact) mass is 287 g/mol. The van der Waals surface area contributed by atoms with E-state index < -0.39 is 4.92 Å². The molecule has 0 amide bonds. The highest BCUT2D eigenvalue weighted by Crippen LogP contribution is 2.33. The minimum absolute atomic E-state index is 0.0120. The van der Waals surface area contributed by atoms with Crippen molar-refractivity contribution in [1.29, 1.82) is 0 Å². The minimum Gasteiger partial charge on any atom is -0.437 e. The van der Waals surface area contributed by atoms with Gasteiger partial charge in [0.2, 0.25) is 5.88 Å². The molecule has 0 aliphatic carbocycles. The van der Waals surface area contributed by atoms with E-state index in [4.69, 9.17) is 4.74 Å². The largest absolute Gasteiger partial charge is 0.437 e. The second-order valence-corrected chi connectivity index (χ2v) is 5.04. The lowest BCUT2D eigenvalue weighted by Gasteiger charge is -2.07. The summed E-state index contributed by atoms with van der Waals surface area (Å²) in [5.74, 6) is 0.834. The van der Waals surface area contributed by atoms with Gasteiger partial charge in [0, 0.05) is 6.07 Å². The van der Waals surface area contributed by atoms with Gasteiger partial charge in [0.15, 0.2) is 0 Å². The van der Waals surface area contributed by atoms with Crippen LogP contribution in [0.2, 0.25) is 0 Å². The lowest BCUT2D eigenvalue weighted by Crippen LogP contribution is -1.94. The van der Waals surface area contributed by atoms with E-state index in [1.54, 1.807) is 6.07 Å². The van der Waals surface area contributed by atoms with Crippen LogP contribution >= 0.6 is 11.3 Å². The average molecular weight is 287 g/mol. The van der Waals surface area contributed by atoms with Crippen LogP contribution in [0.15, 0.2) is 36.0 Å². The van der Waals surface area contributed by atoms with Crippen molar-refractivity contribution in [2.24, 2.45) is 0 Å². The third-order valence-corrected chi connectivity index (χ3v) is 3.69. The third-order valence-electron chi connectivity index (χ3n) is 2.80. The van der Waals surface area contributed by atoms with Crippen LogP contribution in [0.5, 0.6) is 11.6 Å². The summed E-state index contributed by atoms with van der Waals surface area (Å²) >= 11 is 1.47. The van der Waals surface area contributed by atoms with E-state index in [1.165, 1.54) is 29.8 Å². The first-order valence-corrected chi connectivity index (χ1v) is 6.64. The molecular formula is C13H9N3O3S. The van der Waals surface area contributed by atoms with Gasteiger partial charge < -0.3 is 4.74 Å². The van der Waals surface area contributed by atoms with Crippen LogP contribution in [0.4, 0.5) is 5.69 Å². The highest BCUT2D eigenvalue weighted by molar-refractivity contribution is 7.17. The van der Waals surface area contributed by atoms with Gasteiger partial charge in [0.25, 0.3) is 5.69 Å². The van der Waals surface area contributed by atoms with Gasteiger partial charge >= 0.3 is 0 Å². The second kappa shape index (κ2) is 4.86. The summed E-state index contributed by atoms with van der Waals surface area (Å²) in [6, 6.07) is 6.37. The number of hydrogen-bond donors (Lipinski definition) is 0. The summed E-state index contributed by atoms with van der Waals surface area (Å²) in [5.41, 5.74) is 1.59. The number of rotatable bonds is 3. The molecule has 0 atom stereocenters. The summed E-state index contributed by atoms with van der Waals surface area (Å²) in [4.78, 5) is 18.6. The molecular weight excluding hydrogens is 278 g/mol. The van der Waals surface area contributed by atoms with Gasteiger partial charge in [-0.2, -0.15) is 0 Å². The first-order chi connectivity index (χ1) is 9.65. The van der Waals surface area contributed by atoms with Crippen LogP contribution in [-0.2, 0) is 0 Å². The topological polar surface area (TPSA) is 78.2 Å². The number of thiophene rings is 1. The Hall–Kier alpha value is -2.54. The Bertz CT molecular complexity index is 800. The predicted octanol–water partition coefficient (Wildman–Crippen LogP) is 3.70. The molecule has 3 rings (SSSR count). The fourth-order valence-corrected chi connectivity index (χ4v) is 2.53. The summed E-state index contributed by atoms with van der Waals surface area (Å²) < 4.78 is 6.54. The SMILES string of the molecule is Cc1ccc([N+](=O)[O-])cc1Oc1ncnc2ccsc12.